The fourth-order valence-electron chi connectivity index (χ4n) is 1.97. The van der Waals surface area contributed by atoms with E-state index in [1.807, 2.05) is 19.2 Å². The van der Waals surface area contributed by atoms with Gasteiger partial charge in [0.2, 0.25) is 11.0 Å². The molecule has 1 N–H and O–H groups in total. The van der Waals surface area contributed by atoms with Gasteiger partial charge in [-0.05, 0) is 11.4 Å². The van der Waals surface area contributed by atoms with Crippen molar-refractivity contribution in [3.63, 3.8) is 0 Å². The Morgan fingerprint density at radius 2 is 2.22 bits per heavy atom. The van der Waals surface area contributed by atoms with Crippen LogP contribution in [0.15, 0.2) is 22.6 Å². The van der Waals surface area contributed by atoms with Crippen molar-refractivity contribution in [2.45, 2.75) is 32.7 Å². The number of rotatable bonds is 5. The summed E-state index contributed by atoms with van der Waals surface area (Å²) in [5, 5.41) is 14.5. The van der Waals surface area contributed by atoms with E-state index in [1.54, 1.807) is 6.07 Å². The minimum Gasteiger partial charge on any atom is -0.300 e. The molecule has 3 rings (SSSR count). The zero-order valence-electron chi connectivity index (χ0n) is 12.6. The maximum atomic E-state index is 12.2. The fourth-order valence-corrected chi connectivity index (χ4v) is 3.46. The zero-order valence-corrected chi connectivity index (χ0v) is 14.3. The first-order chi connectivity index (χ1) is 11.0. The Bertz CT molecular complexity index is 896. The van der Waals surface area contributed by atoms with Gasteiger partial charge in [0.25, 0.3) is 5.56 Å². The second-order valence-electron chi connectivity index (χ2n) is 5.28. The van der Waals surface area contributed by atoms with Gasteiger partial charge in [0.1, 0.15) is 9.84 Å². The molecule has 3 aromatic rings. The molecule has 0 atom stereocenters. The van der Waals surface area contributed by atoms with Gasteiger partial charge >= 0.3 is 0 Å². The van der Waals surface area contributed by atoms with E-state index in [0.29, 0.717) is 15.3 Å². The lowest BCUT2D eigenvalue weighted by atomic mass is 10.2. The first kappa shape index (κ1) is 15.8. The summed E-state index contributed by atoms with van der Waals surface area (Å²) in [5.74, 6) is 0.0777. The maximum absolute atomic E-state index is 12.2. The van der Waals surface area contributed by atoms with Crippen LogP contribution in [-0.4, -0.2) is 25.7 Å². The van der Waals surface area contributed by atoms with Gasteiger partial charge in [0.15, 0.2) is 0 Å². The van der Waals surface area contributed by atoms with Crippen LogP contribution in [0.1, 0.15) is 31.2 Å². The first-order valence-corrected chi connectivity index (χ1v) is 8.80. The van der Waals surface area contributed by atoms with E-state index in [-0.39, 0.29) is 30.3 Å². The molecule has 1 amide bonds. The summed E-state index contributed by atoms with van der Waals surface area (Å²) in [6.07, 6.45) is 1.66. The molecular weight excluding hydrogens is 334 g/mol. The number of anilines is 1. The van der Waals surface area contributed by atoms with Gasteiger partial charge in [-0.15, -0.1) is 21.5 Å². The molecular formula is C14H15N5O2S2. The van der Waals surface area contributed by atoms with E-state index in [2.05, 4.69) is 20.5 Å². The van der Waals surface area contributed by atoms with Gasteiger partial charge in [-0.25, -0.2) is 4.98 Å². The van der Waals surface area contributed by atoms with E-state index in [9.17, 15) is 9.59 Å². The Kier molecular flexibility index (Phi) is 4.49. The number of nitrogens with zero attached hydrogens (tertiary/aromatic N) is 4. The van der Waals surface area contributed by atoms with Gasteiger partial charge in [-0.2, -0.15) is 0 Å². The van der Waals surface area contributed by atoms with Crippen molar-refractivity contribution in [1.29, 1.82) is 0 Å². The molecule has 0 unspecified atom stereocenters. The Morgan fingerprint density at radius 3 is 2.96 bits per heavy atom. The minimum absolute atomic E-state index is 0.123. The van der Waals surface area contributed by atoms with E-state index >= 15 is 0 Å². The lowest BCUT2D eigenvalue weighted by Gasteiger charge is -2.04. The predicted molar refractivity (Wildman–Crippen MR) is 91.1 cm³/mol. The highest BCUT2D eigenvalue weighted by Crippen LogP contribution is 2.22. The summed E-state index contributed by atoms with van der Waals surface area (Å²) < 4.78 is 1.45. The maximum Gasteiger partial charge on any atom is 0.262 e. The molecule has 3 heterocycles. The monoisotopic (exact) mass is 349 g/mol. The number of hydrogen-bond donors (Lipinski definition) is 1. The van der Waals surface area contributed by atoms with Crippen molar-refractivity contribution in [1.82, 2.24) is 19.7 Å². The molecule has 7 nitrogen and oxygen atoms in total. The summed E-state index contributed by atoms with van der Waals surface area (Å²) in [7, 11) is 0. The highest BCUT2D eigenvalue weighted by atomic mass is 32.1. The first-order valence-electron chi connectivity index (χ1n) is 7.10. The molecule has 0 saturated heterocycles. The molecule has 120 valence electrons. The third-order valence-corrected chi connectivity index (χ3v) is 5.17. The van der Waals surface area contributed by atoms with Gasteiger partial charge in [-0.1, -0.05) is 25.2 Å². The molecule has 0 bridgehead atoms. The molecule has 0 radical (unpaired) electrons. The van der Waals surface area contributed by atoms with Crippen LogP contribution in [0.25, 0.3) is 10.2 Å². The van der Waals surface area contributed by atoms with E-state index < -0.39 is 0 Å². The lowest BCUT2D eigenvalue weighted by Crippen LogP contribution is -2.23. The van der Waals surface area contributed by atoms with E-state index in [0.717, 1.165) is 5.01 Å². The summed E-state index contributed by atoms with van der Waals surface area (Å²) in [5.41, 5.74) is -0.123. The van der Waals surface area contributed by atoms with Crippen LogP contribution in [0, 0.1) is 0 Å². The summed E-state index contributed by atoms with van der Waals surface area (Å²) in [6, 6.07) is 1.75. The second kappa shape index (κ2) is 6.55. The Balaban J connectivity index is 1.63. The minimum atomic E-state index is -0.200. The predicted octanol–water partition coefficient (Wildman–Crippen LogP) is 2.46. The topological polar surface area (TPSA) is 89.8 Å². The molecule has 0 aromatic carbocycles. The van der Waals surface area contributed by atoms with Crippen LogP contribution < -0.4 is 10.9 Å². The van der Waals surface area contributed by atoms with Crippen LogP contribution in [-0.2, 0) is 11.3 Å². The number of aryl methyl sites for hydroxylation is 1. The number of amides is 1. The number of fused-ring (bicyclic) bond motifs is 1. The van der Waals surface area contributed by atoms with Gasteiger partial charge in [0.05, 0.1) is 11.7 Å². The quantitative estimate of drug-likeness (QED) is 0.764. The van der Waals surface area contributed by atoms with Crippen molar-refractivity contribution >= 4 is 43.9 Å². The molecule has 9 heteroatoms. The summed E-state index contributed by atoms with van der Waals surface area (Å²) in [4.78, 5) is 29.1. The van der Waals surface area contributed by atoms with Crippen molar-refractivity contribution in [2.75, 3.05) is 5.32 Å². The molecule has 0 aliphatic rings. The Morgan fingerprint density at radius 1 is 1.39 bits per heavy atom. The summed E-state index contributed by atoms with van der Waals surface area (Å²) in [6.45, 7) is 4.32. The normalized spacial score (nSPS) is 11.3. The van der Waals surface area contributed by atoms with E-state index in [1.165, 1.54) is 33.6 Å². The lowest BCUT2D eigenvalue weighted by molar-refractivity contribution is -0.116. The third kappa shape index (κ3) is 3.45. The largest absolute Gasteiger partial charge is 0.300 e. The van der Waals surface area contributed by atoms with Crippen molar-refractivity contribution < 1.29 is 4.79 Å². The van der Waals surface area contributed by atoms with Crippen LogP contribution in [0.5, 0.6) is 0 Å². The number of carbonyl (C=O) groups is 1. The van der Waals surface area contributed by atoms with Crippen molar-refractivity contribution in [2.24, 2.45) is 0 Å². The molecule has 23 heavy (non-hydrogen) atoms. The van der Waals surface area contributed by atoms with Gasteiger partial charge in [-0.3, -0.25) is 14.2 Å². The Labute approximate surface area is 140 Å². The highest BCUT2D eigenvalue weighted by Gasteiger charge is 2.11. The molecule has 0 fully saturated rings. The average molecular weight is 349 g/mol. The standard InChI is InChI=1S/C14H15N5O2S2/c1-8(2)11-17-18-14(23-11)16-10(20)3-5-19-7-15-12-9(13(19)21)4-6-22-12/h4,6-8H,3,5H2,1-2H3,(H,16,18,20). The fraction of sp³-hybridized carbons (Fsp3) is 0.357. The zero-order chi connectivity index (χ0) is 16.4. The highest BCUT2D eigenvalue weighted by molar-refractivity contribution is 7.16. The number of thiophene rings is 1. The van der Waals surface area contributed by atoms with Gasteiger partial charge < -0.3 is 5.32 Å². The number of aromatic nitrogens is 4. The van der Waals surface area contributed by atoms with Crippen molar-refractivity contribution in [3.05, 3.63) is 33.1 Å². The summed E-state index contributed by atoms with van der Waals surface area (Å²) >= 11 is 2.79. The number of hydrogen-bond acceptors (Lipinski definition) is 7. The van der Waals surface area contributed by atoms with Gasteiger partial charge in [0, 0.05) is 18.9 Å². The van der Waals surface area contributed by atoms with Crippen molar-refractivity contribution in [3.8, 4) is 0 Å². The average Bonchev–Trinajstić information content (AvgIpc) is 3.15. The molecule has 0 saturated carbocycles. The number of carbonyl (C=O) groups excluding carboxylic acids is 1. The van der Waals surface area contributed by atoms with Crippen LogP contribution in [0.4, 0.5) is 5.13 Å². The molecule has 0 aliphatic heterocycles. The number of nitrogens with one attached hydrogen (secondary N) is 1. The second-order valence-corrected chi connectivity index (χ2v) is 7.18. The van der Waals surface area contributed by atoms with E-state index in [4.69, 9.17) is 0 Å². The third-order valence-electron chi connectivity index (χ3n) is 3.21. The Hall–Kier alpha value is -2.13. The SMILES string of the molecule is CC(C)c1nnc(NC(=O)CCn2cnc3sccc3c2=O)s1. The van der Waals surface area contributed by atoms with Crippen LogP contribution in [0.3, 0.4) is 0 Å². The van der Waals surface area contributed by atoms with Crippen LogP contribution in [0.2, 0.25) is 0 Å². The van der Waals surface area contributed by atoms with Crippen LogP contribution >= 0.6 is 22.7 Å². The molecule has 3 aromatic heterocycles. The molecule has 0 aliphatic carbocycles. The smallest absolute Gasteiger partial charge is 0.262 e. The molecule has 0 spiro atoms.